The lowest BCUT2D eigenvalue weighted by molar-refractivity contribution is -0.274. The van der Waals surface area contributed by atoms with Crippen molar-refractivity contribution in [2.45, 2.75) is 57.0 Å². The summed E-state index contributed by atoms with van der Waals surface area (Å²) in [7, 11) is 2.89. The predicted molar refractivity (Wildman–Crippen MR) is 169 cm³/mol. The summed E-state index contributed by atoms with van der Waals surface area (Å²) >= 11 is 6.25. The molecule has 1 aliphatic carbocycles. The summed E-state index contributed by atoms with van der Waals surface area (Å²) in [4.78, 5) is 32.9. The summed E-state index contributed by atoms with van der Waals surface area (Å²) in [5.41, 5.74) is 0.842. The van der Waals surface area contributed by atoms with Gasteiger partial charge in [0.2, 0.25) is 5.60 Å². The molecule has 3 aromatic carbocycles. The first-order valence-electron chi connectivity index (χ1n) is 14.5. The van der Waals surface area contributed by atoms with Gasteiger partial charge in [-0.15, -0.1) is 13.2 Å². The Morgan fingerprint density at radius 3 is 2.36 bits per heavy atom. The van der Waals surface area contributed by atoms with Crippen molar-refractivity contribution in [2.75, 3.05) is 31.0 Å². The molecule has 0 aromatic heterocycles. The van der Waals surface area contributed by atoms with Crippen LogP contribution in [0.2, 0.25) is 5.02 Å². The van der Waals surface area contributed by atoms with E-state index in [2.05, 4.69) is 15.2 Å². The van der Waals surface area contributed by atoms with Gasteiger partial charge in [0.15, 0.2) is 0 Å². The van der Waals surface area contributed by atoms with E-state index in [-0.39, 0.29) is 12.0 Å². The third-order valence-electron chi connectivity index (χ3n) is 8.20. The number of anilines is 2. The maximum absolute atomic E-state index is 14.6. The van der Waals surface area contributed by atoms with Crippen molar-refractivity contribution in [3.05, 3.63) is 76.3 Å². The van der Waals surface area contributed by atoms with Gasteiger partial charge < -0.3 is 34.4 Å². The van der Waals surface area contributed by atoms with Gasteiger partial charge in [-0.1, -0.05) is 28.9 Å². The Balaban J connectivity index is 1.56. The lowest BCUT2D eigenvalue weighted by atomic mass is 9.99. The van der Waals surface area contributed by atoms with Crippen LogP contribution in [0, 0.1) is 0 Å². The number of alkyl halides is 3. The number of hydrogen-bond donors (Lipinski definition) is 2. The Kier molecular flexibility index (Phi) is 8.97. The van der Waals surface area contributed by atoms with Crippen molar-refractivity contribution in [3.63, 3.8) is 0 Å². The van der Waals surface area contributed by atoms with Crippen molar-refractivity contribution in [2.24, 2.45) is 5.16 Å². The van der Waals surface area contributed by atoms with E-state index in [1.807, 2.05) is 0 Å². The number of ether oxygens (including phenoxy) is 3. The number of carbonyl (C=O) groups is 2. The molecule has 0 saturated heterocycles. The molecule has 1 fully saturated rings. The van der Waals surface area contributed by atoms with Gasteiger partial charge in [-0.3, -0.25) is 4.79 Å². The van der Waals surface area contributed by atoms with Gasteiger partial charge in [0.25, 0.3) is 5.91 Å². The summed E-state index contributed by atoms with van der Waals surface area (Å²) in [5.74, 6) is -1.39. The van der Waals surface area contributed by atoms with Gasteiger partial charge >= 0.3 is 12.3 Å². The average molecular weight is 676 g/mol. The van der Waals surface area contributed by atoms with E-state index < -0.39 is 35.6 Å². The number of carboxylic acids is 1. The second-order valence-electron chi connectivity index (χ2n) is 11.9. The zero-order valence-electron chi connectivity index (χ0n) is 26.2. The Bertz CT molecular complexity index is 1740. The Labute approximate surface area is 274 Å². The number of nitrogens with zero attached hydrogens (tertiary/aromatic N) is 2. The zero-order chi connectivity index (χ0) is 34.3. The number of fused-ring (bicyclic) bond motifs is 2. The van der Waals surface area contributed by atoms with E-state index in [0.717, 1.165) is 18.4 Å². The van der Waals surface area contributed by atoms with E-state index in [1.165, 1.54) is 45.1 Å². The largest absolute Gasteiger partial charge is 0.573 e. The molecule has 0 bridgehead atoms. The van der Waals surface area contributed by atoms with Crippen LogP contribution in [0.25, 0.3) is 0 Å². The number of halogens is 4. The molecule has 3 aromatic rings. The molecule has 1 amide bonds. The smallest absolute Gasteiger partial charge is 0.497 e. The molecule has 10 nitrogen and oxygen atoms in total. The van der Waals surface area contributed by atoms with Crippen molar-refractivity contribution in [1.82, 2.24) is 0 Å². The molecule has 2 N–H and O–H groups in total. The molecule has 1 heterocycles. The van der Waals surface area contributed by atoms with Crippen molar-refractivity contribution in [1.29, 1.82) is 0 Å². The maximum atomic E-state index is 14.6. The molecular formula is C33H33ClF3N3O7. The van der Waals surface area contributed by atoms with E-state index >= 15 is 0 Å². The van der Waals surface area contributed by atoms with Crippen LogP contribution in [0.15, 0.2) is 59.8 Å². The van der Waals surface area contributed by atoms with Gasteiger partial charge in [-0.25, -0.2) is 4.79 Å². The number of nitrogens with one attached hydrogen (secondary N) is 1. The Morgan fingerprint density at radius 2 is 1.74 bits per heavy atom. The van der Waals surface area contributed by atoms with Crippen LogP contribution >= 0.6 is 11.6 Å². The van der Waals surface area contributed by atoms with Crippen LogP contribution in [0.3, 0.4) is 0 Å². The number of carboxylic acid groups (broad SMARTS) is 1. The third kappa shape index (κ3) is 7.19. The number of rotatable bonds is 11. The molecule has 1 aliphatic heterocycles. The fourth-order valence-corrected chi connectivity index (χ4v) is 5.59. The number of amides is 1. The SMILES string of the molecule is COc1cc(NC(C(=O)N2CC3(CC3)c3ccc(OC(F)(F)F)cc32)c2ccc(Cl)cc2OC)cc(C(C)=NOC(C)(C)C(=O)O)c1. The van der Waals surface area contributed by atoms with Crippen molar-refractivity contribution >= 4 is 40.6 Å². The number of methoxy groups -OCH3 is 2. The minimum Gasteiger partial charge on any atom is -0.497 e. The van der Waals surface area contributed by atoms with Crippen LogP contribution < -0.4 is 24.4 Å². The lowest BCUT2D eigenvalue weighted by Gasteiger charge is -2.28. The first-order chi connectivity index (χ1) is 22.1. The van der Waals surface area contributed by atoms with Gasteiger partial charge in [0, 0.05) is 45.9 Å². The second kappa shape index (κ2) is 12.5. The number of carbonyl (C=O) groups excluding carboxylic acids is 1. The van der Waals surface area contributed by atoms with E-state index in [1.54, 1.807) is 49.4 Å². The molecular weight excluding hydrogens is 643 g/mol. The highest BCUT2D eigenvalue weighted by atomic mass is 35.5. The molecule has 1 atom stereocenters. The van der Waals surface area contributed by atoms with Crippen LogP contribution in [0.5, 0.6) is 17.2 Å². The van der Waals surface area contributed by atoms with Crippen LogP contribution in [0.1, 0.15) is 56.3 Å². The molecule has 1 saturated carbocycles. The third-order valence-corrected chi connectivity index (χ3v) is 8.43. The van der Waals surface area contributed by atoms with Gasteiger partial charge in [0.1, 0.15) is 23.3 Å². The molecule has 5 rings (SSSR count). The van der Waals surface area contributed by atoms with Crippen LogP contribution in [-0.4, -0.2) is 55.4 Å². The summed E-state index contributed by atoms with van der Waals surface area (Å²) in [5, 5.41) is 17.0. The second-order valence-corrected chi connectivity index (χ2v) is 12.4. The molecule has 1 unspecified atom stereocenters. The minimum absolute atomic E-state index is 0.274. The normalized spacial score (nSPS) is 15.9. The summed E-state index contributed by atoms with van der Waals surface area (Å²) in [6.45, 7) is 4.62. The van der Waals surface area contributed by atoms with Crippen molar-refractivity contribution in [3.8, 4) is 17.2 Å². The van der Waals surface area contributed by atoms with Gasteiger partial charge in [0.05, 0.1) is 25.6 Å². The molecule has 47 heavy (non-hydrogen) atoms. The first-order valence-corrected chi connectivity index (χ1v) is 14.9. The Hall–Kier alpha value is -4.65. The number of benzene rings is 3. The highest BCUT2D eigenvalue weighted by molar-refractivity contribution is 6.30. The molecule has 0 radical (unpaired) electrons. The maximum Gasteiger partial charge on any atom is 0.573 e. The molecule has 1 spiro atoms. The number of hydrogen-bond acceptors (Lipinski definition) is 8. The quantitative estimate of drug-likeness (QED) is 0.163. The van der Waals surface area contributed by atoms with E-state index in [9.17, 15) is 27.9 Å². The number of oxime groups is 1. The van der Waals surface area contributed by atoms with Gasteiger partial charge in [-0.05, 0) is 69.5 Å². The average Bonchev–Trinajstić information content (AvgIpc) is 3.73. The standard InChI is InChI=1S/C33H33ClF3N3O7/c1-18(39-47-31(2,3)30(42)43)19-12-21(15-23(13-19)44-4)38-28(24-8-6-20(34)14-27(24)45-5)29(41)40-17-32(10-11-32)25-9-7-22(16-26(25)40)46-33(35,36)37/h6-9,12-16,28,38H,10-11,17H2,1-5H3,(H,42,43). The minimum atomic E-state index is -4.90. The molecule has 2 aliphatic rings. The number of aliphatic carboxylic acids is 1. The zero-order valence-corrected chi connectivity index (χ0v) is 27.0. The van der Waals surface area contributed by atoms with Crippen LogP contribution in [-0.2, 0) is 19.8 Å². The van der Waals surface area contributed by atoms with Crippen molar-refractivity contribution < 1.29 is 46.9 Å². The van der Waals surface area contributed by atoms with Gasteiger partial charge in [-0.2, -0.15) is 0 Å². The fourth-order valence-electron chi connectivity index (χ4n) is 5.43. The van der Waals surface area contributed by atoms with E-state index in [0.29, 0.717) is 44.7 Å². The topological polar surface area (TPSA) is 119 Å². The summed E-state index contributed by atoms with van der Waals surface area (Å²) < 4.78 is 54.7. The highest BCUT2D eigenvalue weighted by Gasteiger charge is 2.54. The lowest BCUT2D eigenvalue weighted by Crippen LogP contribution is -2.38. The monoisotopic (exact) mass is 675 g/mol. The summed E-state index contributed by atoms with van der Waals surface area (Å²) in [6, 6.07) is 12.8. The molecule has 14 heteroatoms. The first kappa shape index (κ1) is 33.7. The molecule has 250 valence electrons. The summed E-state index contributed by atoms with van der Waals surface area (Å²) in [6.07, 6.45) is -3.34. The fraction of sp³-hybridized carbons (Fsp3) is 0.364. The predicted octanol–water partition coefficient (Wildman–Crippen LogP) is 7.09. The van der Waals surface area contributed by atoms with E-state index in [4.69, 9.17) is 25.9 Å². The van der Waals surface area contributed by atoms with Crippen LogP contribution in [0.4, 0.5) is 24.5 Å². The highest BCUT2D eigenvalue weighted by Crippen LogP contribution is 2.57. The Morgan fingerprint density at radius 1 is 1.02 bits per heavy atom.